The number of rotatable bonds is 7. The van der Waals surface area contributed by atoms with Crippen LogP contribution in [-0.2, 0) is 0 Å². The number of aromatic nitrogens is 5. The molecule has 2 aromatic heterocycles. The molecule has 0 bridgehead atoms. The quantitative estimate of drug-likeness (QED) is 0.535. The summed E-state index contributed by atoms with van der Waals surface area (Å²) in [5, 5.41) is 23.0. The minimum absolute atomic E-state index is 0.0239. The molecule has 0 unspecified atom stereocenters. The van der Waals surface area contributed by atoms with E-state index in [1.165, 1.54) is 11.8 Å². The zero-order chi connectivity index (χ0) is 16.1. The molecule has 0 radical (unpaired) electrons. The van der Waals surface area contributed by atoms with Crippen molar-refractivity contribution in [2.24, 2.45) is 5.92 Å². The third-order valence-electron chi connectivity index (χ3n) is 2.95. The first-order chi connectivity index (χ1) is 10.5. The first kappa shape index (κ1) is 17.0. The number of hydrogen-bond acceptors (Lipinski definition) is 8. The van der Waals surface area contributed by atoms with Crippen molar-refractivity contribution in [3.05, 3.63) is 10.7 Å². The Labute approximate surface area is 141 Å². The molecule has 120 valence electrons. The summed E-state index contributed by atoms with van der Waals surface area (Å²) in [7, 11) is 0. The highest BCUT2D eigenvalue weighted by molar-refractivity contribution is 9.10. The van der Waals surface area contributed by atoms with Gasteiger partial charge in [-0.15, -0.1) is 5.10 Å². The van der Waals surface area contributed by atoms with Crippen LogP contribution in [0.2, 0.25) is 0 Å². The molecule has 2 aromatic rings. The summed E-state index contributed by atoms with van der Waals surface area (Å²) in [6.07, 6.45) is 3.53. The average molecular weight is 388 g/mol. The van der Waals surface area contributed by atoms with Gasteiger partial charge >= 0.3 is 0 Å². The van der Waals surface area contributed by atoms with Crippen molar-refractivity contribution in [1.82, 2.24) is 25.1 Å². The number of nitrogens with zero attached hydrogens (tertiary/aromatic N) is 4. The third kappa shape index (κ3) is 4.31. The van der Waals surface area contributed by atoms with Crippen LogP contribution in [0.4, 0.5) is 17.7 Å². The number of hydrogen-bond donors (Lipinski definition) is 4. The number of aromatic amines is 1. The normalized spacial score (nSPS) is 12.5. The fourth-order valence-electron chi connectivity index (χ4n) is 1.63. The van der Waals surface area contributed by atoms with Crippen LogP contribution in [-0.4, -0.2) is 49.2 Å². The predicted octanol–water partition coefficient (Wildman–Crippen LogP) is 2.25. The van der Waals surface area contributed by atoms with E-state index in [1.54, 1.807) is 6.20 Å². The second kappa shape index (κ2) is 7.75. The average Bonchev–Trinajstić information content (AvgIpc) is 2.95. The Bertz CT molecular complexity index is 621. The van der Waals surface area contributed by atoms with Gasteiger partial charge in [0.2, 0.25) is 17.1 Å². The van der Waals surface area contributed by atoms with Crippen LogP contribution < -0.4 is 10.6 Å². The molecule has 8 nitrogen and oxygen atoms in total. The number of nitrogens with one attached hydrogen (secondary N) is 3. The molecule has 0 spiro atoms. The van der Waals surface area contributed by atoms with Gasteiger partial charge in [0.1, 0.15) is 5.82 Å². The van der Waals surface area contributed by atoms with Crippen LogP contribution in [0.5, 0.6) is 0 Å². The number of thioether (sulfide) groups is 1. The summed E-state index contributed by atoms with van der Waals surface area (Å²) < 4.78 is 0.722. The van der Waals surface area contributed by atoms with Crippen LogP contribution in [0.1, 0.15) is 13.8 Å². The molecular formula is C12H18BrN7OS. The fraction of sp³-hybridized carbons (Fsp3) is 0.500. The van der Waals surface area contributed by atoms with Gasteiger partial charge in [-0.05, 0) is 28.1 Å². The van der Waals surface area contributed by atoms with E-state index in [0.717, 1.165) is 4.47 Å². The van der Waals surface area contributed by atoms with Crippen molar-refractivity contribution in [2.75, 3.05) is 23.5 Å². The van der Waals surface area contributed by atoms with E-state index in [-0.39, 0.29) is 18.6 Å². The van der Waals surface area contributed by atoms with E-state index in [0.29, 0.717) is 22.9 Å². The van der Waals surface area contributed by atoms with Gasteiger partial charge in [-0.3, -0.25) is 5.32 Å². The van der Waals surface area contributed by atoms with Crippen LogP contribution in [0.25, 0.3) is 0 Å². The fourth-order valence-corrected chi connectivity index (χ4v) is 2.25. The summed E-state index contributed by atoms with van der Waals surface area (Å²) in [4.78, 5) is 12.8. The topological polar surface area (TPSA) is 112 Å². The van der Waals surface area contributed by atoms with Crippen molar-refractivity contribution in [1.29, 1.82) is 0 Å². The zero-order valence-corrected chi connectivity index (χ0v) is 14.9. The van der Waals surface area contributed by atoms with Gasteiger partial charge in [-0.1, -0.05) is 25.6 Å². The van der Waals surface area contributed by atoms with Crippen LogP contribution in [0, 0.1) is 5.92 Å². The number of aliphatic hydroxyl groups excluding tert-OH is 1. The van der Waals surface area contributed by atoms with Crippen molar-refractivity contribution in [3.63, 3.8) is 0 Å². The maximum atomic E-state index is 9.42. The van der Waals surface area contributed by atoms with E-state index in [9.17, 15) is 5.11 Å². The molecule has 0 aliphatic heterocycles. The second-order valence-corrected chi connectivity index (χ2v) is 6.49. The lowest BCUT2D eigenvalue weighted by Gasteiger charge is -2.21. The maximum Gasteiger partial charge on any atom is 0.231 e. The zero-order valence-electron chi connectivity index (χ0n) is 12.5. The molecule has 4 N–H and O–H groups in total. The van der Waals surface area contributed by atoms with E-state index in [1.807, 2.05) is 20.1 Å². The second-order valence-electron chi connectivity index (χ2n) is 4.86. The molecule has 10 heteroatoms. The Hall–Kier alpha value is -1.39. The molecule has 22 heavy (non-hydrogen) atoms. The molecule has 0 aliphatic rings. The highest BCUT2D eigenvalue weighted by Crippen LogP contribution is 2.23. The number of H-pyrrole nitrogens is 1. The summed E-state index contributed by atoms with van der Waals surface area (Å²) in [6.45, 7) is 4.08. The van der Waals surface area contributed by atoms with E-state index in [2.05, 4.69) is 51.7 Å². The van der Waals surface area contributed by atoms with Crippen molar-refractivity contribution < 1.29 is 5.11 Å². The summed E-state index contributed by atoms with van der Waals surface area (Å²) in [5.74, 6) is 1.73. The van der Waals surface area contributed by atoms with E-state index in [4.69, 9.17) is 0 Å². The van der Waals surface area contributed by atoms with Gasteiger partial charge in [0.05, 0.1) is 17.1 Å². The minimum atomic E-state index is -0.0903. The molecule has 0 fully saturated rings. The number of halogens is 1. The SMILES string of the molecule is CSc1n[nH]c(Nc2ncc(Br)c(N[C@@H](CO)C(C)C)n2)n1. The standard InChI is InChI=1S/C12H18BrN7OS/c1-6(2)8(5-21)15-9-7(13)4-14-10(16-9)17-11-18-12(22-3)20-19-11/h4,6,8,21H,5H2,1-3H3,(H3,14,15,16,17,18,19,20)/t8-/m0/s1. The molecule has 0 aromatic carbocycles. The van der Waals surface area contributed by atoms with Gasteiger partial charge < -0.3 is 10.4 Å². The number of aliphatic hydroxyl groups is 1. The summed E-state index contributed by atoms with van der Waals surface area (Å²) in [5.41, 5.74) is 0. The Balaban J connectivity index is 2.15. The first-order valence-electron chi connectivity index (χ1n) is 6.66. The van der Waals surface area contributed by atoms with Crippen LogP contribution in [0.15, 0.2) is 15.8 Å². The predicted molar refractivity (Wildman–Crippen MR) is 90.5 cm³/mol. The smallest absolute Gasteiger partial charge is 0.231 e. The van der Waals surface area contributed by atoms with Crippen molar-refractivity contribution in [3.8, 4) is 0 Å². The summed E-state index contributed by atoms with van der Waals surface area (Å²) >= 11 is 4.84. The van der Waals surface area contributed by atoms with Crippen LogP contribution in [0.3, 0.4) is 0 Å². The van der Waals surface area contributed by atoms with E-state index >= 15 is 0 Å². The van der Waals surface area contributed by atoms with Crippen molar-refractivity contribution in [2.45, 2.75) is 25.0 Å². The highest BCUT2D eigenvalue weighted by atomic mass is 79.9. The highest BCUT2D eigenvalue weighted by Gasteiger charge is 2.15. The molecule has 2 rings (SSSR count). The molecule has 0 aliphatic carbocycles. The van der Waals surface area contributed by atoms with Gasteiger partial charge in [-0.2, -0.15) is 9.97 Å². The van der Waals surface area contributed by atoms with Gasteiger partial charge in [0.25, 0.3) is 0 Å². The Kier molecular flexibility index (Phi) is 5.98. The number of anilines is 3. The molecular weight excluding hydrogens is 370 g/mol. The molecule has 0 saturated heterocycles. The monoisotopic (exact) mass is 387 g/mol. The third-order valence-corrected chi connectivity index (χ3v) is 4.07. The van der Waals surface area contributed by atoms with Gasteiger partial charge in [0, 0.05) is 6.20 Å². The van der Waals surface area contributed by atoms with Gasteiger partial charge in [-0.25, -0.2) is 10.1 Å². The molecule has 0 saturated carbocycles. The van der Waals surface area contributed by atoms with Gasteiger partial charge in [0.15, 0.2) is 0 Å². The largest absolute Gasteiger partial charge is 0.394 e. The maximum absolute atomic E-state index is 9.42. The Morgan fingerprint density at radius 3 is 2.77 bits per heavy atom. The van der Waals surface area contributed by atoms with Crippen LogP contribution >= 0.6 is 27.7 Å². The molecule has 1 atom stereocenters. The summed E-state index contributed by atoms with van der Waals surface area (Å²) in [6, 6.07) is -0.0903. The minimum Gasteiger partial charge on any atom is -0.394 e. The molecule has 0 amide bonds. The Morgan fingerprint density at radius 2 is 2.18 bits per heavy atom. The lowest BCUT2D eigenvalue weighted by atomic mass is 10.1. The first-order valence-corrected chi connectivity index (χ1v) is 8.68. The van der Waals surface area contributed by atoms with Crippen molar-refractivity contribution >= 4 is 45.4 Å². The lowest BCUT2D eigenvalue weighted by molar-refractivity contribution is 0.249. The Morgan fingerprint density at radius 1 is 1.41 bits per heavy atom. The molecule has 2 heterocycles. The van der Waals surface area contributed by atoms with E-state index < -0.39 is 0 Å². The lowest BCUT2D eigenvalue weighted by Crippen LogP contribution is -2.30.